The lowest BCUT2D eigenvalue weighted by atomic mass is 10.0. The fourth-order valence-electron chi connectivity index (χ4n) is 2.57. The molecule has 1 aliphatic rings. The predicted octanol–water partition coefficient (Wildman–Crippen LogP) is 2.65. The summed E-state index contributed by atoms with van der Waals surface area (Å²) in [4.78, 5) is 24.1. The van der Waals surface area contributed by atoms with Gasteiger partial charge in [0.2, 0.25) is 5.60 Å². The van der Waals surface area contributed by atoms with Crippen LogP contribution in [0, 0.1) is 0 Å². The van der Waals surface area contributed by atoms with E-state index in [1.807, 2.05) is 30.3 Å². The van der Waals surface area contributed by atoms with E-state index >= 15 is 0 Å². The molecule has 108 valence electrons. The highest BCUT2D eigenvalue weighted by Gasteiger charge is 2.46. The van der Waals surface area contributed by atoms with E-state index < -0.39 is 11.6 Å². The Bertz CT molecular complexity index is 461. The molecule has 0 aromatic heterocycles. The van der Waals surface area contributed by atoms with Crippen LogP contribution in [0.15, 0.2) is 30.3 Å². The molecule has 0 unspecified atom stereocenters. The number of carbonyl (C=O) groups is 2. The molecule has 2 rings (SSSR count). The van der Waals surface area contributed by atoms with Crippen LogP contribution in [0.1, 0.15) is 38.2 Å². The average Bonchev–Trinajstić information content (AvgIpc) is 2.90. The highest BCUT2D eigenvalue weighted by atomic mass is 16.6. The molecular weight excluding hydrogens is 256 g/mol. The fraction of sp³-hybridized carbons (Fsp3) is 0.500. The number of carbonyl (C=O) groups excluding carboxylic acids is 2. The van der Waals surface area contributed by atoms with Crippen LogP contribution in [0.25, 0.3) is 0 Å². The molecule has 0 radical (unpaired) electrons. The highest BCUT2D eigenvalue weighted by molar-refractivity contribution is 5.84. The Morgan fingerprint density at radius 3 is 2.40 bits per heavy atom. The molecule has 0 amide bonds. The van der Waals surface area contributed by atoms with Gasteiger partial charge in [0.05, 0.1) is 13.0 Å². The summed E-state index contributed by atoms with van der Waals surface area (Å²) in [6.07, 6.45) is 3.08. The molecule has 1 saturated carbocycles. The summed E-state index contributed by atoms with van der Waals surface area (Å²) in [5.74, 6) is -0.773. The van der Waals surface area contributed by atoms with Gasteiger partial charge < -0.3 is 9.47 Å². The van der Waals surface area contributed by atoms with Crippen molar-refractivity contribution < 1.29 is 19.1 Å². The van der Waals surface area contributed by atoms with Crippen LogP contribution in [0.3, 0.4) is 0 Å². The molecule has 1 aliphatic carbocycles. The molecule has 1 aromatic carbocycles. The smallest absolute Gasteiger partial charge is 0.350 e. The normalized spacial score (nSPS) is 16.6. The molecule has 0 saturated heterocycles. The lowest BCUT2D eigenvalue weighted by Gasteiger charge is -2.26. The van der Waals surface area contributed by atoms with Gasteiger partial charge in [0.1, 0.15) is 0 Å². The van der Waals surface area contributed by atoms with Crippen LogP contribution < -0.4 is 0 Å². The zero-order chi connectivity index (χ0) is 14.4. The Morgan fingerprint density at radius 1 is 1.15 bits per heavy atom. The minimum atomic E-state index is -1.05. The van der Waals surface area contributed by atoms with E-state index in [4.69, 9.17) is 9.47 Å². The van der Waals surface area contributed by atoms with E-state index in [1.54, 1.807) is 6.92 Å². The number of hydrogen-bond acceptors (Lipinski definition) is 4. The quantitative estimate of drug-likeness (QED) is 0.776. The van der Waals surface area contributed by atoms with Crippen LogP contribution in [-0.4, -0.2) is 24.1 Å². The first-order chi connectivity index (χ1) is 9.66. The first kappa shape index (κ1) is 14.6. The third-order valence-electron chi connectivity index (χ3n) is 3.56. The van der Waals surface area contributed by atoms with E-state index in [9.17, 15) is 9.59 Å². The number of benzene rings is 1. The molecule has 20 heavy (non-hydrogen) atoms. The summed E-state index contributed by atoms with van der Waals surface area (Å²) >= 11 is 0. The van der Waals surface area contributed by atoms with Gasteiger partial charge in [-0.3, -0.25) is 4.79 Å². The molecule has 0 spiro atoms. The summed E-state index contributed by atoms with van der Waals surface area (Å²) in [6, 6.07) is 9.38. The predicted molar refractivity (Wildman–Crippen MR) is 74.1 cm³/mol. The first-order valence-corrected chi connectivity index (χ1v) is 7.09. The summed E-state index contributed by atoms with van der Waals surface area (Å²) < 4.78 is 10.6. The number of hydrogen-bond donors (Lipinski definition) is 0. The average molecular weight is 276 g/mol. The van der Waals surface area contributed by atoms with Crippen molar-refractivity contribution >= 4 is 11.9 Å². The maximum absolute atomic E-state index is 12.1. The Hall–Kier alpha value is -1.84. The van der Waals surface area contributed by atoms with Crippen molar-refractivity contribution in [3.05, 3.63) is 35.9 Å². The Kier molecular flexibility index (Phi) is 4.77. The molecule has 4 heteroatoms. The third kappa shape index (κ3) is 3.38. The van der Waals surface area contributed by atoms with E-state index in [1.165, 1.54) is 0 Å². The lowest BCUT2D eigenvalue weighted by Crippen LogP contribution is -2.42. The van der Waals surface area contributed by atoms with Crippen molar-refractivity contribution in [2.24, 2.45) is 0 Å². The number of esters is 2. The molecule has 4 nitrogen and oxygen atoms in total. The van der Waals surface area contributed by atoms with E-state index in [0.717, 1.165) is 18.4 Å². The Morgan fingerprint density at radius 2 is 1.80 bits per heavy atom. The zero-order valence-electron chi connectivity index (χ0n) is 11.8. The molecule has 1 fully saturated rings. The van der Waals surface area contributed by atoms with Crippen molar-refractivity contribution in [2.45, 2.75) is 44.6 Å². The molecule has 0 heterocycles. The van der Waals surface area contributed by atoms with Gasteiger partial charge in [-0.05, 0) is 38.2 Å². The van der Waals surface area contributed by atoms with E-state index in [0.29, 0.717) is 19.4 Å². The minimum absolute atomic E-state index is 0.183. The van der Waals surface area contributed by atoms with Gasteiger partial charge in [0.25, 0.3) is 0 Å². The van der Waals surface area contributed by atoms with Crippen molar-refractivity contribution in [3.63, 3.8) is 0 Å². The monoisotopic (exact) mass is 276 g/mol. The van der Waals surface area contributed by atoms with Gasteiger partial charge in [-0.1, -0.05) is 30.3 Å². The van der Waals surface area contributed by atoms with Crippen molar-refractivity contribution in [3.8, 4) is 0 Å². The molecule has 0 bridgehead atoms. The largest absolute Gasteiger partial charge is 0.463 e. The standard InChI is InChI=1S/C16H20O4/c1-2-19-15(18)16(10-6-7-11-16)20-14(17)12-13-8-4-3-5-9-13/h3-5,8-9H,2,6-7,10-12H2,1H3. The van der Waals surface area contributed by atoms with E-state index in [-0.39, 0.29) is 12.4 Å². The maximum Gasteiger partial charge on any atom is 0.350 e. The summed E-state index contributed by atoms with van der Waals surface area (Å²) in [7, 11) is 0. The molecule has 0 atom stereocenters. The van der Waals surface area contributed by atoms with Gasteiger partial charge in [-0.25, -0.2) is 4.79 Å². The number of ether oxygens (including phenoxy) is 2. The third-order valence-corrected chi connectivity index (χ3v) is 3.56. The van der Waals surface area contributed by atoms with Crippen LogP contribution >= 0.6 is 0 Å². The van der Waals surface area contributed by atoms with Crippen molar-refractivity contribution in [2.75, 3.05) is 6.61 Å². The summed E-state index contributed by atoms with van der Waals surface area (Å²) in [6.45, 7) is 2.06. The van der Waals surface area contributed by atoms with Crippen LogP contribution in [-0.2, 0) is 25.5 Å². The second-order valence-electron chi connectivity index (χ2n) is 5.06. The first-order valence-electron chi connectivity index (χ1n) is 7.09. The topological polar surface area (TPSA) is 52.6 Å². The highest BCUT2D eigenvalue weighted by Crippen LogP contribution is 2.34. The van der Waals surface area contributed by atoms with Gasteiger partial charge in [0.15, 0.2) is 0 Å². The van der Waals surface area contributed by atoms with Gasteiger partial charge in [-0.2, -0.15) is 0 Å². The van der Waals surface area contributed by atoms with Gasteiger partial charge in [0, 0.05) is 0 Å². The van der Waals surface area contributed by atoms with Crippen LogP contribution in [0.4, 0.5) is 0 Å². The van der Waals surface area contributed by atoms with Crippen molar-refractivity contribution in [1.29, 1.82) is 0 Å². The number of rotatable bonds is 5. The van der Waals surface area contributed by atoms with Crippen molar-refractivity contribution in [1.82, 2.24) is 0 Å². The van der Waals surface area contributed by atoms with Gasteiger partial charge >= 0.3 is 11.9 Å². The van der Waals surface area contributed by atoms with Crippen LogP contribution in [0.5, 0.6) is 0 Å². The maximum atomic E-state index is 12.1. The Labute approximate surface area is 119 Å². The molecule has 0 aliphatic heterocycles. The second-order valence-corrected chi connectivity index (χ2v) is 5.06. The lowest BCUT2D eigenvalue weighted by molar-refractivity contribution is -0.181. The van der Waals surface area contributed by atoms with Gasteiger partial charge in [-0.15, -0.1) is 0 Å². The van der Waals surface area contributed by atoms with Crippen LogP contribution in [0.2, 0.25) is 0 Å². The SMILES string of the molecule is CCOC(=O)C1(OC(=O)Cc2ccccc2)CCCC1. The second kappa shape index (κ2) is 6.55. The molecule has 0 N–H and O–H groups in total. The minimum Gasteiger partial charge on any atom is -0.463 e. The summed E-state index contributed by atoms with van der Waals surface area (Å²) in [5, 5.41) is 0. The molecular formula is C16H20O4. The fourth-order valence-corrected chi connectivity index (χ4v) is 2.57. The molecule has 1 aromatic rings. The van der Waals surface area contributed by atoms with E-state index in [2.05, 4.69) is 0 Å². The Balaban J connectivity index is 2.01. The zero-order valence-corrected chi connectivity index (χ0v) is 11.8. The summed E-state index contributed by atoms with van der Waals surface area (Å²) in [5.41, 5.74) is -0.170.